The van der Waals surface area contributed by atoms with Crippen LogP contribution in [0.2, 0.25) is 0 Å². The van der Waals surface area contributed by atoms with E-state index in [1.165, 1.54) is 0 Å². The van der Waals surface area contributed by atoms with Crippen LogP contribution in [0, 0.1) is 5.92 Å². The number of nitrogens with zero attached hydrogens (tertiary/aromatic N) is 1. The van der Waals surface area contributed by atoms with E-state index in [0.29, 0.717) is 24.0 Å². The molecule has 0 saturated carbocycles. The second kappa shape index (κ2) is 11.0. The summed E-state index contributed by atoms with van der Waals surface area (Å²) >= 11 is 0. The molecular formula is C23H32N2O4S. The van der Waals surface area contributed by atoms with Crippen molar-refractivity contribution < 1.29 is 17.9 Å². The number of amides is 1. The molecule has 7 heteroatoms. The van der Waals surface area contributed by atoms with E-state index in [-0.39, 0.29) is 18.5 Å². The van der Waals surface area contributed by atoms with Crippen molar-refractivity contribution in [3.05, 3.63) is 60.2 Å². The minimum atomic E-state index is -3.63. The second-order valence-corrected chi connectivity index (χ2v) is 9.68. The molecule has 0 aliphatic carbocycles. The number of nitrogens with one attached hydrogen (secondary N) is 1. The molecule has 1 N–H and O–H groups in total. The van der Waals surface area contributed by atoms with Gasteiger partial charge in [-0.05, 0) is 48.6 Å². The van der Waals surface area contributed by atoms with Crippen LogP contribution in [-0.4, -0.2) is 33.7 Å². The van der Waals surface area contributed by atoms with Gasteiger partial charge in [0.1, 0.15) is 12.3 Å². The highest BCUT2D eigenvalue weighted by Gasteiger charge is 2.23. The smallest absolute Gasteiger partial charge is 0.241 e. The maximum Gasteiger partial charge on any atom is 0.241 e. The fraction of sp³-hybridized carbons (Fsp3) is 0.435. The first kappa shape index (κ1) is 23.7. The third-order valence-corrected chi connectivity index (χ3v) is 5.67. The predicted octanol–water partition coefficient (Wildman–Crippen LogP) is 4.15. The minimum absolute atomic E-state index is 0.176. The molecule has 0 fully saturated rings. The zero-order valence-corrected chi connectivity index (χ0v) is 19.0. The molecule has 0 spiro atoms. The average Bonchev–Trinajstić information content (AvgIpc) is 2.70. The zero-order chi connectivity index (χ0) is 22.1. The first-order valence-electron chi connectivity index (χ1n) is 10.3. The summed E-state index contributed by atoms with van der Waals surface area (Å²) in [6.45, 7) is 6.50. The standard InChI is InChI=1S/C23H32N2O4S/c1-5-15-29-21-13-11-20(12-14-21)25(30(4,27)28)17-23(26)24-22(16-18(2)3)19-9-7-6-8-10-19/h6-14,18,22H,5,15-17H2,1-4H3,(H,24,26)/t22-/m0/s1. The molecular weight excluding hydrogens is 400 g/mol. The number of benzene rings is 2. The molecule has 1 atom stereocenters. The normalized spacial score (nSPS) is 12.4. The molecule has 164 valence electrons. The molecule has 0 aliphatic rings. The van der Waals surface area contributed by atoms with Crippen molar-refractivity contribution >= 4 is 21.6 Å². The third kappa shape index (κ3) is 7.37. The summed E-state index contributed by atoms with van der Waals surface area (Å²) in [6.07, 6.45) is 2.75. The molecule has 1 amide bonds. The van der Waals surface area contributed by atoms with Gasteiger partial charge >= 0.3 is 0 Å². The van der Waals surface area contributed by atoms with E-state index in [9.17, 15) is 13.2 Å². The summed E-state index contributed by atoms with van der Waals surface area (Å²) in [6, 6.07) is 16.3. The lowest BCUT2D eigenvalue weighted by Crippen LogP contribution is -2.41. The lowest BCUT2D eigenvalue weighted by molar-refractivity contribution is -0.120. The Kier molecular flexibility index (Phi) is 8.72. The summed E-state index contributed by atoms with van der Waals surface area (Å²) in [7, 11) is -3.63. The van der Waals surface area contributed by atoms with Crippen LogP contribution in [0.25, 0.3) is 0 Å². The molecule has 0 heterocycles. The van der Waals surface area contributed by atoms with Crippen LogP contribution < -0.4 is 14.4 Å². The number of hydrogen-bond donors (Lipinski definition) is 1. The lowest BCUT2D eigenvalue weighted by atomic mass is 9.97. The van der Waals surface area contributed by atoms with Gasteiger partial charge in [0.05, 0.1) is 24.6 Å². The Morgan fingerprint density at radius 2 is 1.70 bits per heavy atom. The number of carbonyl (C=O) groups is 1. The van der Waals surface area contributed by atoms with Crippen molar-refractivity contribution in [3.63, 3.8) is 0 Å². The van der Waals surface area contributed by atoms with E-state index in [4.69, 9.17) is 4.74 Å². The summed E-state index contributed by atoms with van der Waals surface area (Å²) in [5, 5.41) is 3.01. The van der Waals surface area contributed by atoms with Crippen LogP contribution in [-0.2, 0) is 14.8 Å². The van der Waals surface area contributed by atoms with Crippen molar-refractivity contribution in [1.82, 2.24) is 5.32 Å². The molecule has 0 aromatic heterocycles. The van der Waals surface area contributed by atoms with Gasteiger partial charge in [-0.1, -0.05) is 51.1 Å². The van der Waals surface area contributed by atoms with Gasteiger partial charge in [0.25, 0.3) is 0 Å². The highest BCUT2D eigenvalue weighted by atomic mass is 32.2. The molecule has 2 aromatic carbocycles. The van der Waals surface area contributed by atoms with Crippen molar-refractivity contribution in [3.8, 4) is 5.75 Å². The fourth-order valence-corrected chi connectivity index (χ4v) is 3.99. The van der Waals surface area contributed by atoms with Crippen molar-refractivity contribution in [2.24, 2.45) is 5.92 Å². The first-order chi connectivity index (χ1) is 14.2. The van der Waals surface area contributed by atoms with E-state index in [1.807, 2.05) is 37.3 Å². The first-order valence-corrected chi connectivity index (χ1v) is 12.1. The summed E-state index contributed by atoms with van der Waals surface area (Å²) in [4.78, 5) is 12.8. The second-order valence-electron chi connectivity index (χ2n) is 7.77. The van der Waals surface area contributed by atoms with Gasteiger partial charge < -0.3 is 10.1 Å². The van der Waals surface area contributed by atoms with Crippen LogP contribution in [0.15, 0.2) is 54.6 Å². The van der Waals surface area contributed by atoms with Crippen molar-refractivity contribution in [1.29, 1.82) is 0 Å². The van der Waals surface area contributed by atoms with Crippen LogP contribution in [0.3, 0.4) is 0 Å². The van der Waals surface area contributed by atoms with Gasteiger partial charge in [-0.15, -0.1) is 0 Å². The van der Waals surface area contributed by atoms with Gasteiger partial charge in [0, 0.05) is 0 Å². The van der Waals surface area contributed by atoms with E-state index < -0.39 is 10.0 Å². The van der Waals surface area contributed by atoms with Crippen LogP contribution in [0.1, 0.15) is 45.2 Å². The number of anilines is 1. The van der Waals surface area contributed by atoms with Gasteiger partial charge in [0.15, 0.2) is 0 Å². The van der Waals surface area contributed by atoms with Crippen molar-refractivity contribution in [2.75, 3.05) is 23.7 Å². The summed E-state index contributed by atoms with van der Waals surface area (Å²) in [5.41, 5.74) is 1.43. The third-order valence-electron chi connectivity index (χ3n) is 4.53. The van der Waals surface area contributed by atoms with E-state index >= 15 is 0 Å². The monoisotopic (exact) mass is 432 g/mol. The van der Waals surface area contributed by atoms with E-state index in [2.05, 4.69) is 19.2 Å². The highest BCUT2D eigenvalue weighted by molar-refractivity contribution is 7.92. The van der Waals surface area contributed by atoms with E-state index in [0.717, 1.165) is 29.0 Å². The molecule has 30 heavy (non-hydrogen) atoms. The maximum absolute atomic E-state index is 12.8. The predicted molar refractivity (Wildman–Crippen MR) is 121 cm³/mol. The van der Waals surface area contributed by atoms with Crippen molar-refractivity contribution in [2.45, 2.75) is 39.7 Å². The molecule has 2 aromatic rings. The largest absolute Gasteiger partial charge is 0.494 e. The Morgan fingerprint density at radius 3 is 2.23 bits per heavy atom. The molecule has 0 saturated heterocycles. The maximum atomic E-state index is 12.8. The molecule has 0 aliphatic heterocycles. The topological polar surface area (TPSA) is 75.7 Å². The fourth-order valence-electron chi connectivity index (χ4n) is 3.13. The zero-order valence-electron chi connectivity index (χ0n) is 18.2. The Labute approximate surface area is 180 Å². The van der Waals surface area contributed by atoms with Gasteiger partial charge in [-0.25, -0.2) is 8.42 Å². The quantitative estimate of drug-likeness (QED) is 0.579. The number of ether oxygens (including phenoxy) is 1. The Bertz CT molecular complexity index is 897. The SMILES string of the molecule is CCCOc1ccc(N(CC(=O)N[C@@H](CC(C)C)c2ccccc2)S(C)(=O)=O)cc1. The molecule has 0 radical (unpaired) electrons. The summed E-state index contributed by atoms with van der Waals surface area (Å²) < 4.78 is 31.4. The van der Waals surface area contributed by atoms with Crippen LogP contribution in [0.4, 0.5) is 5.69 Å². The van der Waals surface area contributed by atoms with E-state index in [1.54, 1.807) is 24.3 Å². The van der Waals surface area contributed by atoms with Gasteiger partial charge in [-0.2, -0.15) is 0 Å². The molecule has 0 unspecified atom stereocenters. The number of rotatable bonds is 11. The van der Waals surface area contributed by atoms with Gasteiger partial charge in [-0.3, -0.25) is 9.10 Å². The number of sulfonamides is 1. The number of hydrogen-bond acceptors (Lipinski definition) is 4. The minimum Gasteiger partial charge on any atom is -0.494 e. The number of carbonyl (C=O) groups excluding carboxylic acids is 1. The lowest BCUT2D eigenvalue weighted by Gasteiger charge is -2.25. The molecule has 0 bridgehead atoms. The summed E-state index contributed by atoms with van der Waals surface area (Å²) in [5.74, 6) is 0.693. The Morgan fingerprint density at radius 1 is 1.07 bits per heavy atom. The van der Waals surface area contributed by atoms with Crippen LogP contribution in [0.5, 0.6) is 5.75 Å². The Balaban J connectivity index is 2.16. The Hall–Kier alpha value is -2.54. The average molecular weight is 433 g/mol. The highest BCUT2D eigenvalue weighted by Crippen LogP contribution is 2.23. The van der Waals surface area contributed by atoms with Crippen LogP contribution >= 0.6 is 0 Å². The molecule has 2 rings (SSSR count). The molecule has 6 nitrogen and oxygen atoms in total. The van der Waals surface area contributed by atoms with Gasteiger partial charge in [0.2, 0.25) is 15.9 Å².